The molecule has 20 heavy (non-hydrogen) atoms. The molecular formula is C14H13ClFNO3. The Bertz CT molecular complexity index is 627. The van der Waals surface area contributed by atoms with Crippen LogP contribution in [0.1, 0.15) is 29.3 Å². The molecule has 0 aliphatic heterocycles. The number of rotatable bonds is 4. The summed E-state index contributed by atoms with van der Waals surface area (Å²) in [6.45, 7) is 1.83. The van der Waals surface area contributed by atoms with Crippen molar-refractivity contribution in [3.63, 3.8) is 0 Å². The summed E-state index contributed by atoms with van der Waals surface area (Å²) in [6, 6.07) is 7.37. The van der Waals surface area contributed by atoms with Crippen LogP contribution < -0.4 is 5.32 Å². The minimum Gasteiger partial charge on any atom is -0.463 e. The Labute approximate surface area is 120 Å². The van der Waals surface area contributed by atoms with Gasteiger partial charge in [0, 0.05) is 5.69 Å². The second-order valence-electron chi connectivity index (χ2n) is 4.19. The van der Waals surface area contributed by atoms with Gasteiger partial charge < -0.3 is 14.5 Å². The fourth-order valence-corrected chi connectivity index (χ4v) is 1.82. The van der Waals surface area contributed by atoms with Gasteiger partial charge in [-0.1, -0.05) is 11.6 Å². The lowest BCUT2D eigenvalue weighted by molar-refractivity contribution is 0.0562. The van der Waals surface area contributed by atoms with E-state index in [2.05, 4.69) is 10.1 Å². The van der Waals surface area contributed by atoms with Crippen LogP contribution in [0.5, 0.6) is 0 Å². The van der Waals surface area contributed by atoms with Crippen LogP contribution in [-0.4, -0.2) is 13.1 Å². The third kappa shape index (κ3) is 3.11. The summed E-state index contributed by atoms with van der Waals surface area (Å²) in [7, 11) is 1.28. The lowest BCUT2D eigenvalue weighted by atomic mass is 10.2. The number of ether oxygens (including phenoxy) is 1. The van der Waals surface area contributed by atoms with Gasteiger partial charge in [0.05, 0.1) is 18.2 Å². The molecule has 0 aliphatic rings. The number of hydrogen-bond donors (Lipinski definition) is 1. The van der Waals surface area contributed by atoms with Crippen molar-refractivity contribution in [2.75, 3.05) is 12.4 Å². The van der Waals surface area contributed by atoms with E-state index in [-0.39, 0.29) is 16.8 Å². The fraction of sp³-hybridized carbons (Fsp3) is 0.214. The molecule has 0 bridgehead atoms. The molecule has 0 fully saturated rings. The number of nitrogens with one attached hydrogen (secondary N) is 1. The lowest BCUT2D eigenvalue weighted by Crippen LogP contribution is -2.06. The predicted molar refractivity (Wildman–Crippen MR) is 73.5 cm³/mol. The Hall–Kier alpha value is -2.01. The molecule has 1 N–H and O–H groups in total. The summed E-state index contributed by atoms with van der Waals surface area (Å²) in [5.41, 5.74) is 0.565. The number of furan rings is 1. The Balaban J connectivity index is 2.11. The van der Waals surface area contributed by atoms with Crippen molar-refractivity contribution >= 4 is 23.3 Å². The molecule has 6 heteroatoms. The van der Waals surface area contributed by atoms with Crippen molar-refractivity contribution in [1.82, 2.24) is 0 Å². The standard InChI is InChI=1S/C14H13ClFNO3/c1-8(12-5-6-13(20-12)14(18)19-2)17-9-3-4-10(15)11(16)7-9/h3-8,17H,1-2H3. The number of esters is 1. The Morgan fingerprint density at radius 3 is 2.80 bits per heavy atom. The Morgan fingerprint density at radius 2 is 2.15 bits per heavy atom. The van der Waals surface area contributed by atoms with Crippen molar-refractivity contribution < 1.29 is 18.3 Å². The van der Waals surface area contributed by atoms with Crippen molar-refractivity contribution in [1.29, 1.82) is 0 Å². The van der Waals surface area contributed by atoms with Gasteiger partial charge >= 0.3 is 5.97 Å². The highest BCUT2D eigenvalue weighted by molar-refractivity contribution is 6.30. The minimum atomic E-state index is -0.541. The van der Waals surface area contributed by atoms with Gasteiger partial charge in [-0.15, -0.1) is 0 Å². The summed E-state index contributed by atoms with van der Waals surface area (Å²) in [4.78, 5) is 11.3. The van der Waals surface area contributed by atoms with Crippen molar-refractivity contribution in [3.8, 4) is 0 Å². The first kappa shape index (κ1) is 14.4. The lowest BCUT2D eigenvalue weighted by Gasteiger charge is -2.13. The highest BCUT2D eigenvalue weighted by atomic mass is 35.5. The SMILES string of the molecule is COC(=O)c1ccc(C(C)Nc2ccc(Cl)c(F)c2)o1. The van der Waals surface area contributed by atoms with Gasteiger partial charge in [0.25, 0.3) is 0 Å². The molecule has 0 amide bonds. The van der Waals surface area contributed by atoms with Gasteiger partial charge in [-0.3, -0.25) is 0 Å². The molecule has 0 radical (unpaired) electrons. The molecule has 0 saturated carbocycles. The van der Waals surface area contributed by atoms with Crippen LogP contribution in [0.15, 0.2) is 34.7 Å². The van der Waals surface area contributed by atoms with Gasteiger partial charge in [0.1, 0.15) is 11.6 Å². The van der Waals surface area contributed by atoms with Gasteiger partial charge in [-0.2, -0.15) is 0 Å². The zero-order valence-corrected chi connectivity index (χ0v) is 11.7. The quantitative estimate of drug-likeness (QED) is 0.866. The summed E-state index contributed by atoms with van der Waals surface area (Å²) in [5, 5.41) is 3.12. The maximum atomic E-state index is 13.3. The van der Waals surface area contributed by atoms with Crippen molar-refractivity contribution in [2.24, 2.45) is 0 Å². The minimum absolute atomic E-state index is 0.0641. The first-order valence-corrected chi connectivity index (χ1v) is 6.28. The van der Waals surface area contributed by atoms with Crippen LogP contribution in [0.2, 0.25) is 5.02 Å². The number of anilines is 1. The van der Waals surface area contributed by atoms with E-state index in [9.17, 15) is 9.18 Å². The number of carbonyl (C=O) groups is 1. The second-order valence-corrected chi connectivity index (χ2v) is 4.60. The van der Waals surface area contributed by atoms with Crippen LogP contribution in [0, 0.1) is 5.82 Å². The molecule has 4 nitrogen and oxygen atoms in total. The van der Waals surface area contributed by atoms with E-state index in [0.29, 0.717) is 11.4 Å². The molecule has 1 heterocycles. The van der Waals surface area contributed by atoms with Crippen LogP contribution in [0.3, 0.4) is 0 Å². The zero-order chi connectivity index (χ0) is 14.7. The summed E-state index contributed by atoms with van der Waals surface area (Å²) < 4.78 is 23.3. The van der Waals surface area contributed by atoms with Gasteiger partial charge in [0.2, 0.25) is 5.76 Å². The number of carbonyl (C=O) groups excluding carboxylic acids is 1. The average molecular weight is 298 g/mol. The van der Waals surface area contributed by atoms with E-state index >= 15 is 0 Å². The van der Waals surface area contributed by atoms with E-state index in [4.69, 9.17) is 16.0 Å². The molecule has 1 aromatic carbocycles. The third-order valence-corrected chi connectivity index (χ3v) is 3.05. The summed E-state index contributed by atoms with van der Waals surface area (Å²) in [6.07, 6.45) is 0. The Morgan fingerprint density at radius 1 is 1.40 bits per heavy atom. The molecule has 2 aromatic rings. The molecule has 0 aliphatic carbocycles. The number of methoxy groups -OCH3 is 1. The monoisotopic (exact) mass is 297 g/mol. The van der Waals surface area contributed by atoms with E-state index in [0.717, 1.165) is 0 Å². The van der Waals surface area contributed by atoms with Gasteiger partial charge in [-0.05, 0) is 37.3 Å². The van der Waals surface area contributed by atoms with E-state index in [1.807, 2.05) is 6.92 Å². The number of halogens is 2. The van der Waals surface area contributed by atoms with E-state index < -0.39 is 11.8 Å². The first-order valence-electron chi connectivity index (χ1n) is 5.91. The highest BCUT2D eigenvalue weighted by Gasteiger charge is 2.15. The summed E-state index contributed by atoms with van der Waals surface area (Å²) in [5.74, 6) is -0.376. The molecule has 1 unspecified atom stereocenters. The van der Waals surface area contributed by atoms with Crippen LogP contribution in [0.4, 0.5) is 10.1 Å². The summed E-state index contributed by atoms with van der Waals surface area (Å²) >= 11 is 5.62. The predicted octanol–water partition coefficient (Wildman–Crippen LogP) is 4.03. The first-order chi connectivity index (χ1) is 9.51. The molecular weight excluding hydrogens is 285 g/mol. The molecule has 0 spiro atoms. The second kappa shape index (κ2) is 5.96. The molecule has 106 valence electrons. The van der Waals surface area contributed by atoms with Crippen molar-refractivity contribution in [2.45, 2.75) is 13.0 Å². The normalized spacial score (nSPS) is 12.0. The molecule has 2 rings (SSSR count). The highest BCUT2D eigenvalue weighted by Crippen LogP contribution is 2.24. The molecule has 1 aromatic heterocycles. The largest absolute Gasteiger partial charge is 0.463 e. The van der Waals surface area contributed by atoms with Gasteiger partial charge in [-0.25, -0.2) is 9.18 Å². The van der Waals surface area contributed by atoms with Gasteiger partial charge in [0.15, 0.2) is 0 Å². The van der Waals surface area contributed by atoms with Crippen LogP contribution in [0.25, 0.3) is 0 Å². The van der Waals surface area contributed by atoms with E-state index in [1.165, 1.54) is 25.3 Å². The molecule has 0 saturated heterocycles. The van der Waals surface area contributed by atoms with Crippen LogP contribution >= 0.6 is 11.6 Å². The third-order valence-electron chi connectivity index (χ3n) is 2.74. The van der Waals surface area contributed by atoms with Crippen LogP contribution in [-0.2, 0) is 4.74 Å². The maximum Gasteiger partial charge on any atom is 0.373 e. The fourth-order valence-electron chi connectivity index (χ4n) is 1.70. The Kier molecular flexibility index (Phi) is 4.29. The van der Waals surface area contributed by atoms with Crippen molar-refractivity contribution in [3.05, 3.63) is 52.7 Å². The number of hydrogen-bond acceptors (Lipinski definition) is 4. The average Bonchev–Trinajstić information content (AvgIpc) is 2.92. The smallest absolute Gasteiger partial charge is 0.373 e. The number of benzene rings is 1. The topological polar surface area (TPSA) is 51.5 Å². The maximum absolute atomic E-state index is 13.3. The molecule has 1 atom stereocenters. The zero-order valence-electron chi connectivity index (χ0n) is 10.9. The van der Waals surface area contributed by atoms with E-state index in [1.54, 1.807) is 12.1 Å².